The van der Waals surface area contributed by atoms with Gasteiger partial charge in [-0.3, -0.25) is 4.98 Å². The van der Waals surface area contributed by atoms with E-state index in [0.29, 0.717) is 5.95 Å². The Kier molecular flexibility index (Phi) is 4.90. The number of pyridine rings is 1. The van der Waals surface area contributed by atoms with Gasteiger partial charge in [0.2, 0.25) is 17.8 Å². The first-order valence-corrected chi connectivity index (χ1v) is 9.27. The molecule has 0 amide bonds. The van der Waals surface area contributed by atoms with Gasteiger partial charge in [0.1, 0.15) is 0 Å². The topological polar surface area (TPSA) is 70.1 Å². The predicted octanol–water partition coefficient (Wildman–Crippen LogP) is 2.12. The van der Waals surface area contributed by atoms with Crippen molar-refractivity contribution >= 4 is 17.8 Å². The van der Waals surface area contributed by atoms with Gasteiger partial charge in [-0.25, -0.2) is 0 Å². The van der Waals surface area contributed by atoms with E-state index in [-0.39, 0.29) is 0 Å². The molecule has 25 heavy (non-hydrogen) atoms. The van der Waals surface area contributed by atoms with E-state index in [1.54, 1.807) is 6.20 Å². The maximum Gasteiger partial charge on any atom is 0.231 e. The average Bonchev–Trinajstić information content (AvgIpc) is 3.36. The summed E-state index contributed by atoms with van der Waals surface area (Å²) in [7, 11) is 0. The number of nitrogens with zero attached hydrogens (tertiary/aromatic N) is 6. The van der Waals surface area contributed by atoms with Crippen LogP contribution in [0.2, 0.25) is 0 Å². The van der Waals surface area contributed by atoms with Crippen molar-refractivity contribution in [3.8, 4) is 0 Å². The molecule has 4 rings (SSSR count). The molecule has 4 heterocycles. The molecule has 2 aromatic heterocycles. The zero-order valence-electron chi connectivity index (χ0n) is 14.6. The highest BCUT2D eigenvalue weighted by atomic mass is 15.4. The molecule has 2 aliphatic rings. The summed E-state index contributed by atoms with van der Waals surface area (Å²) in [5, 5.41) is 3.38. The van der Waals surface area contributed by atoms with E-state index in [1.165, 1.54) is 31.2 Å². The molecule has 0 unspecified atom stereocenters. The molecule has 1 N–H and O–H groups in total. The fourth-order valence-electron chi connectivity index (χ4n) is 3.41. The molecular weight excluding hydrogens is 314 g/mol. The van der Waals surface area contributed by atoms with Crippen molar-refractivity contribution in [1.29, 1.82) is 0 Å². The van der Waals surface area contributed by atoms with Crippen LogP contribution in [-0.2, 0) is 6.42 Å². The lowest BCUT2D eigenvalue weighted by Crippen LogP contribution is -2.26. The van der Waals surface area contributed by atoms with Crippen LogP contribution in [0.5, 0.6) is 0 Å². The minimum atomic E-state index is 0.683. The Morgan fingerprint density at radius 2 is 1.52 bits per heavy atom. The van der Waals surface area contributed by atoms with E-state index in [4.69, 9.17) is 4.98 Å². The molecule has 0 radical (unpaired) electrons. The van der Waals surface area contributed by atoms with Crippen molar-refractivity contribution in [3.05, 3.63) is 30.1 Å². The van der Waals surface area contributed by atoms with Crippen LogP contribution in [0.4, 0.5) is 17.8 Å². The van der Waals surface area contributed by atoms with Crippen LogP contribution in [-0.4, -0.2) is 52.7 Å². The van der Waals surface area contributed by atoms with Gasteiger partial charge in [-0.1, -0.05) is 6.07 Å². The molecule has 2 saturated heterocycles. The fourth-order valence-corrected chi connectivity index (χ4v) is 3.41. The van der Waals surface area contributed by atoms with E-state index in [2.05, 4.69) is 36.1 Å². The first-order chi connectivity index (χ1) is 12.4. The molecule has 132 valence electrons. The molecule has 2 aliphatic heterocycles. The monoisotopic (exact) mass is 339 g/mol. The highest BCUT2D eigenvalue weighted by Crippen LogP contribution is 2.22. The summed E-state index contributed by atoms with van der Waals surface area (Å²) in [6.07, 6.45) is 9.47. The van der Waals surface area contributed by atoms with Gasteiger partial charge >= 0.3 is 0 Å². The van der Waals surface area contributed by atoms with Crippen molar-refractivity contribution in [2.75, 3.05) is 47.8 Å². The van der Waals surface area contributed by atoms with Crippen molar-refractivity contribution in [1.82, 2.24) is 19.9 Å². The highest BCUT2D eigenvalue weighted by molar-refractivity contribution is 5.46. The number of hydrogen-bond donors (Lipinski definition) is 1. The predicted molar refractivity (Wildman–Crippen MR) is 99.2 cm³/mol. The molecule has 0 bridgehead atoms. The molecule has 2 aromatic rings. The van der Waals surface area contributed by atoms with Crippen LogP contribution in [0.3, 0.4) is 0 Å². The lowest BCUT2D eigenvalue weighted by Gasteiger charge is -2.20. The maximum absolute atomic E-state index is 4.74. The van der Waals surface area contributed by atoms with E-state index in [0.717, 1.165) is 51.0 Å². The summed E-state index contributed by atoms with van der Waals surface area (Å²) >= 11 is 0. The van der Waals surface area contributed by atoms with Gasteiger partial charge in [0, 0.05) is 45.1 Å². The summed E-state index contributed by atoms with van der Waals surface area (Å²) in [6.45, 7) is 4.95. The molecule has 0 spiro atoms. The Morgan fingerprint density at radius 1 is 0.880 bits per heavy atom. The van der Waals surface area contributed by atoms with Gasteiger partial charge in [0.15, 0.2) is 0 Å². The van der Waals surface area contributed by atoms with Crippen LogP contribution < -0.4 is 15.1 Å². The van der Waals surface area contributed by atoms with Crippen LogP contribution in [0.25, 0.3) is 0 Å². The number of aromatic nitrogens is 4. The number of rotatable bonds is 6. The molecule has 7 heteroatoms. The minimum Gasteiger partial charge on any atom is -0.354 e. The van der Waals surface area contributed by atoms with E-state index in [9.17, 15) is 0 Å². The van der Waals surface area contributed by atoms with Gasteiger partial charge in [0.05, 0.1) is 0 Å². The van der Waals surface area contributed by atoms with Gasteiger partial charge in [-0.05, 0) is 43.7 Å². The zero-order valence-corrected chi connectivity index (χ0v) is 14.6. The van der Waals surface area contributed by atoms with E-state index >= 15 is 0 Å². The number of nitrogens with one attached hydrogen (secondary N) is 1. The summed E-state index contributed by atoms with van der Waals surface area (Å²) in [6, 6.07) is 4.06. The Labute approximate surface area is 148 Å². The third-order valence-corrected chi connectivity index (χ3v) is 4.81. The lowest BCUT2D eigenvalue weighted by atomic mass is 10.2. The largest absolute Gasteiger partial charge is 0.354 e. The van der Waals surface area contributed by atoms with E-state index < -0.39 is 0 Å². The Hall–Kier alpha value is -2.44. The van der Waals surface area contributed by atoms with Crippen LogP contribution in [0.1, 0.15) is 31.2 Å². The zero-order chi connectivity index (χ0) is 16.9. The standard InChI is InChI=1S/C18H25N7/c1-2-11-24(10-1)17-21-16(20-9-7-15-6-5-8-19-14-15)22-18(23-17)25-12-3-4-13-25/h5-6,8,14H,1-4,7,9-13H2,(H,20,21,22,23). The fraction of sp³-hybridized carbons (Fsp3) is 0.556. The number of anilines is 3. The molecule has 0 aliphatic carbocycles. The first-order valence-electron chi connectivity index (χ1n) is 9.27. The van der Waals surface area contributed by atoms with Crippen LogP contribution in [0, 0.1) is 0 Å². The van der Waals surface area contributed by atoms with Crippen molar-refractivity contribution in [2.45, 2.75) is 32.1 Å². The van der Waals surface area contributed by atoms with Gasteiger partial charge in [0.25, 0.3) is 0 Å². The third-order valence-electron chi connectivity index (χ3n) is 4.81. The first kappa shape index (κ1) is 16.1. The second-order valence-corrected chi connectivity index (χ2v) is 6.69. The molecule has 0 saturated carbocycles. The van der Waals surface area contributed by atoms with Crippen molar-refractivity contribution in [2.24, 2.45) is 0 Å². The Balaban J connectivity index is 1.48. The second-order valence-electron chi connectivity index (χ2n) is 6.69. The smallest absolute Gasteiger partial charge is 0.231 e. The Bertz CT molecular complexity index is 645. The van der Waals surface area contributed by atoms with Crippen molar-refractivity contribution < 1.29 is 0 Å². The maximum atomic E-state index is 4.74. The molecule has 0 aromatic carbocycles. The summed E-state index contributed by atoms with van der Waals surface area (Å²) < 4.78 is 0. The van der Waals surface area contributed by atoms with Gasteiger partial charge < -0.3 is 15.1 Å². The molecular formula is C18H25N7. The van der Waals surface area contributed by atoms with Crippen LogP contribution >= 0.6 is 0 Å². The third kappa shape index (κ3) is 3.97. The quantitative estimate of drug-likeness (QED) is 0.864. The number of hydrogen-bond acceptors (Lipinski definition) is 7. The van der Waals surface area contributed by atoms with E-state index in [1.807, 2.05) is 12.3 Å². The van der Waals surface area contributed by atoms with Gasteiger partial charge in [-0.15, -0.1) is 0 Å². The lowest BCUT2D eigenvalue weighted by molar-refractivity contribution is 0.834. The minimum absolute atomic E-state index is 0.683. The second kappa shape index (κ2) is 7.63. The summed E-state index contributed by atoms with van der Waals surface area (Å²) in [4.78, 5) is 22.8. The normalized spacial score (nSPS) is 17.3. The Morgan fingerprint density at radius 3 is 2.08 bits per heavy atom. The van der Waals surface area contributed by atoms with Crippen LogP contribution in [0.15, 0.2) is 24.5 Å². The average molecular weight is 339 g/mol. The summed E-state index contributed by atoms with van der Waals surface area (Å²) in [5.41, 5.74) is 1.21. The SMILES string of the molecule is c1cncc(CCNc2nc(N3CCCC3)nc(N3CCCC3)n2)c1. The molecule has 7 nitrogen and oxygen atoms in total. The highest BCUT2D eigenvalue weighted by Gasteiger charge is 2.21. The molecule has 2 fully saturated rings. The summed E-state index contributed by atoms with van der Waals surface area (Å²) in [5.74, 6) is 2.32. The van der Waals surface area contributed by atoms with Gasteiger partial charge in [-0.2, -0.15) is 15.0 Å². The van der Waals surface area contributed by atoms with Crippen molar-refractivity contribution in [3.63, 3.8) is 0 Å². The molecule has 0 atom stereocenters.